The van der Waals surface area contributed by atoms with Crippen molar-refractivity contribution in [3.05, 3.63) is 35.9 Å². The number of benzene rings is 1. The quantitative estimate of drug-likeness (QED) is 0.690. The fourth-order valence-electron chi connectivity index (χ4n) is 1.81. The van der Waals surface area contributed by atoms with E-state index in [-0.39, 0.29) is 17.9 Å². The van der Waals surface area contributed by atoms with Crippen molar-refractivity contribution in [2.24, 2.45) is 11.1 Å². The molecular weight excluding hydrogens is 240 g/mol. The molecule has 0 saturated carbocycles. The minimum absolute atomic E-state index is 0.114. The Labute approximate surface area is 115 Å². The first-order valence-electron chi connectivity index (χ1n) is 6.63. The lowest BCUT2D eigenvalue weighted by atomic mass is 9.89. The second kappa shape index (κ2) is 7.26. The summed E-state index contributed by atoms with van der Waals surface area (Å²) in [5, 5.41) is 11.8. The first-order chi connectivity index (χ1) is 8.94. The van der Waals surface area contributed by atoms with E-state index in [1.54, 1.807) is 0 Å². The average Bonchev–Trinajstić information content (AvgIpc) is 2.37. The minimum atomic E-state index is -0.535. The summed E-state index contributed by atoms with van der Waals surface area (Å²) in [5.41, 5.74) is 6.83. The van der Waals surface area contributed by atoms with Crippen LogP contribution in [0, 0.1) is 5.41 Å². The summed E-state index contributed by atoms with van der Waals surface area (Å²) in [7, 11) is 0. The van der Waals surface area contributed by atoms with Crippen molar-refractivity contribution in [3.63, 3.8) is 0 Å². The van der Waals surface area contributed by atoms with Crippen molar-refractivity contribution < 1.29 is 9.90 Å². The molecule has 1 aromatic rings. The molecule has 0 aliphatic rings. The zero-order valence-corrected chi connectivity index (χ0v) is 11.7. The van der Waals surface area contributed by atoms with Gasteiger partial charge < -0.3 is 16.2 Å². The third kappa shape index (κ3) is 5.85. The van der Waals surface area contributed by atoms with E-state index in [2.05, 4.69) is 5.32 Å². The molecule has 0 aliphatic heterocycles. The van der Waals surface area contributed by atoms with Crippen LogP contribution in [0.5, 0.6) is 0 Å². The summed E-state index contributed by atoms with van der Waals surface area (Å²) in [4.78, 5) is 11.9. The van der Waals surface area contributed by atoms with E-state index in [1.165, 1.54) is 0 Å². The fraction of sp³-hybridized carbons (Fsp3) is 0.533. The molecule has 1 amide bonds. The number of hydrogen-bond donors (Lipinski definition) is 3. The van der Waals surface area contributed by atoms with Crippen molar-refractivity contribution >= 4 is 5.91 Å². The maximum Gasteiger partial charge on any atom is 0.237 e. The summed E-state index contributed by atoms with van der Waals surface area (Å²) in [6.45, 7) is 4.66. The highest BCUT2D eigenvalue weighted by Gasteiger charge is 2.20. The molecule has 0 spiro atoms. The average molecular weight is 264 g/mol. The van der Waals surface area contributed by atoms with Gasteiger partial charge in [-0.2, -0.15) is 0 Å². The van der Waals surface area contributed by atoms with Crippen molar-refractivity contribution in [1.29, 1.82) is 0 Å². The second-order valence-corrected chi connectivity index (χ2v) is 5.65. The largest absolute Gasteiger partial charge is 0.396 e. The number of nitrogens with two attached hydrogens (primary N) is 1. The van der Waals surface area contributed by atoms with Crippen LogP contribution in [0.3, 0.4) is 0 Å². The van der Waals surface area contributed by atoms with Gasteiger partial charge in [-0.1, -0.05) is 44.2 Å². The summed E-state index contributed by atoms with van der Waals surface area (Å²) in [6, 6.07) is 9.19. The fourth-order valence-corrected chi connectivity index (χ4v) is 1.81. The van der Waals surface area contributed by atoms with Gasteiger partial charge in [0.15, 0.2) is 0 Å². The van der Waals surface area contributed by atoms with E-state index in [9.17, 15) is 4.79 Å². The molecule has 0 unspecified atom stereocenters. The normalized spacial score (nSPS) is 13.1. The van der Waals surface area contributed by atoms with Gasteiger partial charge in [-0.05, 0) is 23.8 Å². The van der Waals surface area contributed by atoms with Gasteiger partial charge in [0.05, 0.1) is 6.04 Å². The van der Waals surface area contributed by atoms with Crippen molar-refractivity contribution in [1.82, 2.24) is 5.32 Å². The second-order valence-electron chi connectivity index (χ2n) is 5.65. The zero-order chi connectivity index (χ0) is 14.3. The van der Waals surface area contributed by atoms with E-state index in [4.69, 9.17) is 10.8 Å². The Morgan fingerprint density at radius 2 is 2.00 bits per heavy atom. The Bertz CT molecular complexity index is 390. The van der Waals surface area contributed by atoms with Crippen LogP contribution in [0.25, 0.3) is 0 Å². The SMILES string of the molecule is CC(C)(CCO)CNC(=O)[C@@H](N)Cc1ccccc1. The van der Waals surface area contributed by atoms with Crippen molar-refractivity contribution in [2.45, 2.75) is 32.7 Å². The van der Waals surface area contributed by atoms with Crippen molar-refractivity contribution in [2.75, 3.05) is 13.2 Å². The van der Waals surface area contributed by atoms with Crippen LogP contribution in [0.2, 0.25) is 0 Å². The smallest absolute Gasteiger partial charge is 0.237 e. The molecule has 0 radical (unpaired) electrons. The van der Waals surface area contributed by atoms with E-state index in [1.807, 2.05) is 44.2 Å². The molecule has 19 heavy (non-hydrogen) atoms. The standard InChI is InChI=1S/C15H24N2O2/c1-15(2,8-9-18)11-17-14(19)13(16)10-12-6-4-3-5-7-12/h3-7,13,18H,8-11,16H2,1-2H3,(H,17,19)/t13-/m0/s1. The highest BCUT2D eigenvalue weighted by molar-refractivity contribution is 5.81. The summed E-state index contributed by atoms with van der Waals surface area (Å²) < 4.78 is 0. The number of hydrogen-bond acceptors (Lipinski definition) is 3. The van der Waals surface area contributed by atoms with Gasteiger partial charge >= 0.3 is 0 Å². The van der Waals surface area contributed by atoms with Gasteiger partial charge in [0.25, 0.3) is 0 Å². The lowest BCUT2D eigenvalue weighted by Crippen LogP contribution is -2.45. The Balaban J connectivity index is 2.41. The first-order valence-corrected chi connectivity index (χ1v) is 6.63. The number of amides is 1. The van der Waals surface area contributed by atoms with Crippen LogP contribution in [-0.4, -0.2) is 30.2 Å². The van der Waals surface area contributed by atoms with E-state index in [0.717, 1.165) is 5.56 Å². The first kappa shape index (κ1) is 15.7. The van der Waals surface area contributed by atoms with Crippen molar-refractivity contribution in [3.8, 4) is 0 Å². The summed E-state index contributed by atoms with van der Waals surface area (Å²) >= 11 is 0. The minimum Gasteiger partial charge on any atom is -0.396 e. The molecular formula is C15H24N2O2. The number of nitrogens with one attached hydrogen (secondary N) is 1. The van der Waals surface area contributed by atoms with Crippen LogP contribution < -0.4 is 11.1 Å². The third-order valence-electron chi connectivity index (χ3n) is 3.16. The highest BCUT2D eigenvalue weighted by Crippen LogP contribution is 2.17. The summed E-state index contributed by atoms with van der Waals surface area (Å²) in [6.07, 6.45) is 1.19. The molecule has 4 nitrogen and oxygen atoms in total. The van der Waals surface area contributed by atoms with Crippen LogP contribution in [0.4, 0.5) is 0 Å². The van der Waals surface area contributed by atoms with Gasteiger partial charge in [-0.25, -0.2) is 0 Å². The number of aliphatic hydroxyl groups is 1. The molecule has 1 aromatic carbocycles. The van der Waals surface area contributed by atoms with Crippen LogP contribution in [0.15, 0.2) is 30.3 Å². The topological polar surface area (TPSA) is 75.3 Å². The maximum absolute atomic E-state index is 11.9. The lowest BCUT2D eigenvalue weighted by molar-refractivity contribution is -0.122. The molecule has 4 N–H and O–H groups in total. The molecule has 0 aromatic heterocycles. The van der Waals surface area contributed by atoms with Crippen LogP contribution in [0.1, 0.15) is 25.8 Å². The van der Waals surface area contributed by atoms with E-state index >= 15 is 0 Å². The Kier molecular flexibility index (Phi) is 5.99. The molecule has 0 heterocycles. The van der Waals surface area contributed by atoms with Gasteiger partial charge in [-0.15, -0.1) is 0 Å². The highest BCUT2D eigenvalue weighted by atomic mass is 16.3. The predicted octanol–water partition coefficient (Wildman–Crippen LogP) is 1.08. The molecule has 106 valence electrons. The number of aliphatic hydroxyl groups excluding tert-OH is 1. The van der Waals surface area contributed by atoms with Crippen LogP contribution in [-0.2, 0) is 11.2 Å². The maximum atomic E-state index is 11.9. The van der Waals surface area contributed by atoms with E-state index in [0.29, 0.717) is 19.4 Å². The van der Waals surface area contributed by atoms with Gasteiger partial charge in [0, 0.05) is 13.2 Å². The van der Waals surface area contributed by atoms with Crippen LogP contribution >= 0.6 is 0 Å². The summed E-state index contributed by atoms with van der Waals surface area (Å²) in [5.74, 6) is -0.144. The molecule has 0 aliphatic carbocycles. The molecule has 4 heteroatoms. The van der Waals surface area contributed by atoms with Gasteiger partial charge in [0.2, 0.25) is 5.91 Å². The molecule has 0 fully saturated rings. The number of rotatable bonds is 7. The number of carbonyl (C=O) groups is 1. The Hall–Kier alpha value is -1.39. The zero-order valence-electron chi connectivity index (χ0n) is 11.7. The Morgan fingerprint density at radius 3 is 2.58 bits per heavy atom. The molecule has 0 bridgehead atoms. The van der Waals surface area contributed by atoms with E-state index < -0.39 is 6.04 Å². The van der Waals surface area contributed by atoms with Gasteiger partial charge in [-0.3, -0.25) is 4.79 Å². The molecule has 1 rings (SSSR count). The number of carbonyl (C=O) groups excluding carboxylic acids is 1. The van der Waals surface area contributed by atoms with Gasteiger partial charge in [0.1, 0.15) is 0 Å². The molecule has 1 atom stereocenters. The molecule has 0 saturated heterocycles. The third-order valence-corrected chi connectivity index (χ3v) is 3.16. The predicted molar refractivity (Wildman–Crippen MR) is 76.6 cm³/mol. The lowest BCUT2D eigenvalue weighted by Gasteiger charge is -2.24. The Morgan fingerprint density at radius 1 is 1.37 bits per heavy atom. The monoisotopic (exact) mass is 264 g/mol.